The van der Waals surface area contributed by atoms with Gasteiger partial charge in [-0.05, 0) is 61.4 Å². The van der Waals surface area contributed by atoms with Crippen molar-refractivity contribution in [3.63, 3.8) is 0 Å². The van der Waals surface area contributed by atoms with Crippen molar-refractivity contribution in [2.75, 3.05) is 18.5 Å². The van der Waals surface area contributed by atoms with Crippen LogP contribution < -0.4 is 10.1 Å². The standard InChI is InChI=1S/C21H22FNO4/c22-16-5-3-15(4-6-16)20(24)11-12-21(25)23-17-7-9-18(10-8-17)27-14-19-2-1-13-26-19/h3-10,19H,1-2,11-14H2,(H,23,25). The highest BCUT2D eigenvalue weighted by molar-refractivity contribution is 5.99. The van der Waals surface area contributed by atoms with E-state index in [1.165, 1.54) is 24.3 Å². The lowest BCUT2D eigenvalue weighted by Crippen LogP contribution is -2.16. The molecule has 1 fully saturated rings. The number of benzene rings is 2. The van der Waals surface area contributed by atoms with Gasteiger partial charge in [0.2, 0.25) is 5.91 Å². The van der Waals surface area contributed by atoms with Crippen molar-refractivity contribution >= 4 is 17.4 Å². The molecule has 142 valence electrons. The van der Waals surface area contributed by atoms with E-state index in [4.69, 9.17) is 9.47 Å². The Morgan fingerprint density at radius 1 is 1.07 bits per heavy atom. The highest BCUT2D eigenvalue weighted by Gasteiger charge is 2.16. The lowest BCUT2D eigenvalue weighted by atomic mass is 10.1. The summed E-state index contributed by atoms with van der Waals surface area (Å²) in [5.74, 6) is -0.121. The van der Waals surface area contributed by atoms with Crippen LogP contribution in [0.1, 0.15) is 36.0 Å². The van der Waals surface area contributed by atoms with E-state index in [0.717, 1.165) is 25.2 Å². The van der Waals surface area contributed by atoms with Gasteiger partial charge in [-0.1, -0.05) is 0 Å². The van der Waals surface area contributed by atoms with Crippen molar-refractivity contribution in [3.8, 4) is 5.75 Å². The van der Waals surface area contributed by atoms with Crippen LogP contribution in [-0.4, -0.2) is 31.0 Å². The maximum absolute atomic E-state index is 12.9. The molecule has 1 aliphatic rings. The van der Waals surface area contributed by atoms with Crippen molar-refractivity contribution in [3.05, 3.63) is 59.9 Å². The summed E-state index contributed by atoms with van der Waals surface area (Å²) < 4.78 is 24.1. The fraction of sp³-hybridized carbons (Fsp3) is 0.333. The Morgan fingerprint density at radius 2 is 1.81 bits per heavy atom. The van der Waals surface area contributed by atoms with Crippen molar-refractivity contribution in [1.29, 1.82) is 0 Å². The van der Waals surface area contributed by atoms with Crippen LogP contribution in [0.4, 0.5) is 10.1 Å². The highest BCUT2D eigenvalue weighted by atomic mass is 19.1. The fourth-order valence-electron chi connectivity index (χ4n) is 2.83. The Balaban J connectivity index is 1.42. The SMILES string of the molecule is O=C(CCC(=O)c1ccc(F)cc1)Nc1ccc(OCC2CCCO2)cc1. The third-order valence-electron chi connectivity index (χ3n) is 4.34. The van der Waals surface area contributed by atoms with E-state index in [2.05, 4.69) is 5.32 Å². The zero-order chi connectivity index (χ0) is 19.1. The molecule has 0 radical (unpaired) electrons. The Hall–Kier alpha value is -2.73. The minimum absolute atomic E-state index is 0.0630. The van der Waals surface area contributed by atoms with E-state index >= 15 is 0 Å². The molecule has 1 aliphatic heterocycles. The summed E-state index contributed by atoms with van der Waals surface area (Å²) >= 11 is 0. The second kappa shape index (κ2) is 9.28. The zero-order valence-electron chi connectivity index (χ0n) is 14.9. The molecule has 2 aromatic rings. The molecule has 1 saturated heterocycles. The van der Waals surface area contributed by atoms with Gasteiger partial charge in [0.1, 0.15) is 18.2 Å². The van der Waals surface area contributed by atoms with E-state index < -0.39 is 5.82 Å². The number of rotatable bonds is 8. The summed E-state index contributed by atoms with van der Waals surface area (Å²) in [6.45, 7) is 1.32. The number of ketones is 1. The Labute approximate surface area is 157 Å². The average Bonchev–Trinajstić information content (AvgIpc) is 3.20. The Kier molecular flexibility index (Phi) is 6.54. The largest absolute Gasteiger partial charge is 0.491 e. The molecule has 1 unspecified atom stereocenters. The molecule has 1 N–H and O–H groups in total. The highest BCUT2D eigenvalue weighted by Crippen LogP contribution is 2.19. The molecule has 0 spiro atoms. The van der Waals surface area contributed by atoms with Crippen LogP contribution in [0.3, 0.4) is 0 Å². The average molecular weight is 371 g/mol. The number of amides is 1. The first kappa shape index (κ1) is 19.0. The normalized spacial score (nSPS) is 16.1. The van der Waals surface area contributed by atoms with Crippen LogP contribution >= 0.6 is 0 Å². The summed E-state index contributed by atoms with van der Waals surface area (Å²) in [6, 6.07) is 12.4. The number of halogens is 1. The van der Waals surface area contributed by atoms with Crippen molar-refractivity contribution in [1.82, 2.24) is 0 Å². The third kappa shape index (κ3) is 5.89. The number of ether oxygens (including phenoxy) is 2. The lowest BCUT2D eigenvalue weighted by molar-refractivity contribution is -0.116. The molecule has 3 rings (SSSR count). The molecule has 1 atom stereocenters. The quantitative estimate of drug-likeness (QED) is 0.713. The number of Topliss-reactive ketones (excluding diaryl/α,β-unsaturated/α-hetero) is 1. The number of carbonyl (C=O) groups excluding carboxylic acids is 2. The molecule has 6 heteroatoms. The first-order chi connectivity index (χ1) is 13.1. The van der Waals surface area contributed by atoms with Gasteiger partial charge in [0, 0.05) is 30.7 Å². The number of hydrogen-bond donors (Lipinski definition) is 1. The van der Waals surface area contributed by atoms with E-state index in [-0.39, 0.29) is 30.6 Å². The van der Waals surface area contributed by atoms with Crippen LogP contribution in [0.15, 0.2) is 48.5 Å². The van der Waals surface area contributed by atoms with Crippen molar-refractivity contribution < 1.29 is 23.5 Å². The van der Waals surface area contributed by atoms with E-state index in [9.17, 15) is 14.0 Å². The van der Waals surface area contributed by atoms with Gasteiger partial charge in [-0.25, -0.2) is 4.39 Å². The van der Waals surface area contributed by atoms with Crippen LogP contribution in [0.2, 0.25) is 0 Å². The summed E-state index contributed by atoms with van der Waals surface area (Å²) in [5.41, 5.74) is 1.04. The van der Waals surface area contributed by atoms with Crippen LogP contribution in [0.25, 0.3) is 0 Å². The molecule has 5 nitrogen and oxygen atoms in total. The van der Waals surface area contributed by atoms with Crippen LogP contribution in [-0.2, 0) is 9.53 Å². The molecule has 0 aromatic heterocycles. The van der Waals surface area contributed by atoms with Crippen LogP contribution in [0, 0.1) is 5.82 Å². The number of carbonyl (C=O) groups is 2. The smallest absolute Gasteiger partial charge is 0.224 e. The maximum Gasteiger partial charge on any atom is 0.224 e. The van der Waals surface area contributed by atoms with Crippen molar-refractivity contribution in [2.24, 2.45) is 0 Å². The molecule has 1 heterocycles. The summed E-state index contributed by atoms with van der Waals surface area (Å²) in [7, 11) is 0. The van der Waals surface area contributed by atoms with Gasteiger partial charge in [0.15, 0.2) is 5.78 Å². The van der Waals surface area contributed by atoms with E-state index in [1.807, 2.05) is 0 Å². The minimum atomic E-state index is -0.396. The number of hydrogen-bond acceptors (Lipinski definition) is 4. The second-order valence-electron chi connectivity index (χ2n) is 6.45. The van der Waals surface area contributed by atoms with Gasteiger partial charge < -0.3 is 14.8 Å². The van der Waals surface area contributed by atoms with E-state index in [1.54, 1.807) is 24.3 Å². The number of anilines is 1. The number of nitrogens with one attached hydrogen (secondary N) is 1. The molecular weight excluding hydrogens is 349 g/mol. The van der Waals surface area contributed by atoms with Gasteiger partial charge in [0.25, 0.3) is 0 Å². The second-order valence-corrected chi connectivity index (χ2v) is 6.45. The van der Waals surface area contributed by atoms with Gasteiger partial charge in [-0.15, -0.1) is 0 Å². The van der Waals surface area contributed by atoms with E-state index in [0.29, 0.717) is 17.9 Å². The molecule has 1 amide bonds. The molecule has 2 aromatic carbocycles. The Bertz CT molecular complexity index is 768. The molecule has 0 bridgehead atoms. The van der Waals surface area contributed by atoms with Crippen LogP contribution in [0.5, 0.6) is 5.75 Å². The Morgan fingerprint density at radius 3 is 2.48 bits per heavy atom. The summed E-state index contributed by atoms with van der Waals surface area (Å²) in [4.78, 5) is 24.0. The predicted molar refractivity (Wildman–Crippen MR) is 99.5 cm³/mol. The fourth-order valence-corrected chi connectivity index (χ4v) is 2.83. The monoisotopic (exact) mass is 371 g/mol. The van der Waals surface area contributed by atoms with Gasteiger partial charge in [0.05, 0.1) is 6.10 Å². The van der Waals surface area contributed by atoms with Gasteiger partial charge in [-0.3, -0.25) is 9.59 Å². The first-order valence-corrected chi connectivity index (χ1v) is 9.03. The lowest BCUT2D eigenvalue weighted by Gasteiger charge is -2.12. The molecule has 27 heavy (non-hydrogen) atoms. The molecule has 0 saturated carbocycles. The summed E-state index contributed by atoms with van der Waals surface area (Å²) in [6.07, 6.45) is 2.38. The maximum atomic E-state index is 12.9. The zero-order valence-corrected chi connectivity index (χ0v) is 14.9. The summed E-state index contributed by atoms with van der Waals surface area (Å²) in [5, 5.41) is 2.75. The molecular formula is C21H22FNO4. The van der Waals surface area contributed by atoms with Gasteiger partial charge in [-0.2, -0.15) is 0 Å². The predicted octanol–water partition coefficient (Wildman–Crippen LogP) is 3.99. The minimum Gasteiger partial charge on any atom is -0.491 e. The van der Waals surface area contributed by atoms with Gasteiger partial charge >= 0.3 is 0 Å². The van der Waals surface area contributed by atoms with Crippen molar-refractivity contribution in [2.45, 2.75) is 31.8 Å². The topological polar surface area (TPSA) is 64.6 Å². The first-order valence-electron chi connectivity index (χ1n) is 9.03. The third-order valence-corrected chi connectivity index (χ3v) is 4.34. The molecule has 0 aliphatic carbocycles.